The minimum Gasteiger partial charge on any atom is -0.323 e. The van der Waals surface area contributed by atoms with Gasteiger partial charge < -0.3 is 5.43 Å². The van der Waals surface area contributed by atoms with E-state index in [2.05, 4.69) is 26.3 Å². The monoisotopic (exact) mass is 287 g/mol. The fourth-order valence-corrected chi connectivity index (χ4v) is 1.81. The summed E-state index contributed by atoms with van der Waals surface area (Å²) in [5.74, 6) is 5.44. The minimum atomic E-state index is 0. The Morgan fingerprint density at radius 3 is 2.73 bits per heavy atom. The maximum Gasteiger partial charge on any atom is 0.0727 e. The summed E-state index contributed by atoms with van der Waals surface area (Å²) < 4.78 is 1.02. The van der Waals surface area contributed by atoms with Crippen LogP contribution in [-0.4, -0.2) is 4.98 Å². The first-order valence-electron chi connectivity index (χ1n) is 4.24. The molecule has 0 saturated heterocycles. The predicted molar refractivity (Wildman–Crippen MR) is 69.2 cm³/mol. The van der Waals surface area contributed by atoms with Crippen molar-refractivity contribution in [2.24, 2.45) is 5.84 Å². The van der Waals surface area contributed by atoms with Crippen LogP contribution in [0, 0.1) is 6.92 Å². The molecule has 0 bridgehead atoms. The van der Waals surface area contributed by atoms with Crippen LogP contribution in [-0.2, 0) is 0 Å². The van der Waals surface area contributed by atoms with Crippen molar-refractivity contribution in [1.82, 2.24) is 4.98 Å². The quantitative estimate of drug-likeness (QED) is 0.626. The first-order valence-corrected chi connectivity index (χ1v) is 5.03. The van der Waals surface area contributed by atoms with Crippen LogP contribution >= 0.6 is 28.3 Å². The molecule has 0 amide bonds. The molecule has 3 nitrogen and oxygen atoms in total. The zero-order valence-corrected chi connectivity index (χ0v) is 10.5. The van der Waals surface area contributed by atoms with E-state index in [1.54, 1.807) is 0 Å². The third kappa shape index (κ3) is 2.40. The Balaban J connectivity index is 0.00000112. The summed E-state index contributed by atoms with van der Waals surface area (Å²) in [6, 6.07) is 7.86. The number of anilines is 1. The topological polar surface area (TPSA) is 50.9 Å². The van der Waals surface area contributed by atoms with E-state index in [4.69, 9.17) is 5.84 Å². The highest BCUT2D eigenvalue weighted by atomic mass is 79.9. The number of rotatable bonds is 1. The molecule has 0 aliphatic rings. The molecule has 0 aliphatic carbocycles. The second kappa shape index (κ2) is 4.79. The normalized spacial score (nSPS) is 9.80. The Labute approximate surface area is 103 Å². The molecule has 0 atom stereocenters. The first kappa shape index (κ1) is 12.2. The van der Waals surface area contributed by atoms with Gasteiger partial charge in [0, 0.05) is 15.6 Å². The molecule has 0 unspecified atom stereocenters. The molecule has 0 fully saturated rings. The van der Waals surface area contributed by atoms with Gasteiger partial charge in [0.1, 0.15) is 0 Å². The zero-order valence-electron chi connectivity index (χ0n) is 8.12. The lowest BCUT2D eigenvalue weighted by atomic mass is 10.1. The number of hydrogen-bond donors (Lipinski definition) is 2. The van der Waals surface area contributed by atoms with E-state index in [1.165, 1.54) is 0 Å². The van der Waals surface area contributed by atoms with E-state index in [-0.39, 0.29) is 12.4 Å². The summed E-state index contributed by atoms with van der Waals surface area (Å²) in [4.78, 5) is 4.41. The molecule has 2 aromatic rings. The molecular weight excluding hydrogens is 277 g/mol. The number of benzene rings is 1. The molecule has 0 spiro atoms. The summed E-state index contributed by atoms with van der Waals surface area (Å²) in [6.45, 7) is 1.95. The lowest BCUT2D eigenvalue weighted by Crippen LogP contribution is -2.07. The fraction of sp³-hybridized carbons (Fsp3) is 0.100. The number of nitrogens with two attached hydrogens (primary N) is 1. The van der Waals surface area contributed by atoms with Crippen molar-refractivity contribution in [2.75, 3.05) is 5.43 Å². The van der Waals surface area contributed by atoms with E-state index >= 15 is 0 Å². The molecule has 80 valence electrons. The Bertz CT molecular complexity index is 487. The zero-order chi connectivity index (χ0) is 10.1. The van der Waals surface area contributed by atoms with Gasteiger partial charge in [-0.1, -0.05) is 15.9 Å². The van der Waals surface area contributed by atoms with Gasteiger partial charge in [0.25, 0.3) is 0 Å². The van der Waals surface area contributed by atoms with Crippen LogP contribution in [0.3, 0.4) is 0 Å². The highest BCUT2D eigenvalue weighted by molar-refractivity contribution is 9.10. The lowest BCUT2D eigenvalue weighted by Gasteiger charge is -2.06. The third-order valence-electron chi connectivity index (χ3n) is 2.05. The first-order chi connectivity index (χ1) is 6.70. The van der Waals surface area contributed by atoms with Gasteiger partial charge in [-0.25, -0.2) is 0 Å². The molecule has 0 saturated carbocycles. The summed E-state index contributed by atoms with van der Waals surface area (Å²) >= 11 is 3.42. The molecule has 3 N–H and O–H groups in total. The number of hydrogen-bond acceptors (Lipinski definition) is 3. The van der Waals surface area contributed by atoms with Crippen molar-refractivity contribution in [3.05, 3.63) is 34.4 Å². The molecule has 1 heterocycles. The van der Waals surface area contributed by atoms with Gasteiger partial charge in [-0.3, -0.25) is 10.8 Å². The number of nitrogens with zero attached hydrogens (tertiary/aromatic N) is 1. The van der Waals surface area contributed by atoms with Gasteiger partial charge in [0.2, 0.25) is 0 Å². The SMILES string of the molecule is Cc1cc(NN)c2cc(Br)ccc2n1.Cl. The van der Waals surface area contributed by atoms with Gasteiger partial charge in [0.05, 0.1) is 11.2 Å². The third-order valence-corrected chi connectivity index (χ3v) is 2.55. The number of aromatic nitrogens is 1. The van der Waals surface area contributed by atoms with Crippen molar-refractivity contribution in [2.45, 2.75) is 6.92 Å². The van der Waals surface area contributed by atoms with E-state index in [9.17, 15) is 0 Å². The average Bonchev–Trinajstić information content (AvgIpc) is 2.17. The van der Waals surface area contributed by atoms with Crippen LogP contribution in [0.1, 0.15) is 5.69 Å². The molecule has 0 aliphatic heterocycles. The van der Waals surface area contributed by atoms with Crippen molar-refractivity contribution < 1.29 is 0 Å². The lowest BCUT2D eigenvalue weighted by molar-refractivity contribution is 1.24. The summed E-state index contributed by atoms with van der Waals surface area (Å²) in [7, 11) is 0. The van der Waals surface area contributed by atoms with E-state index in [1.807, 2.05) is 31.2 Å². The van der Waals surface area contributed by atoms with Crippen molar-refractivity contribution in [1.29, 1.82) is 0 Å². The van der Waals surface area contributed by atoms with Gasteiger partial charge in [-0.2, -0.15) is 0 Å². The van der Waals surface area contributed by atoms with Crippen molar-refractivity contribution >= 4 is 44.9 Å². The van der Waals surface area contributed by atoms with Gasteiger partial charge in [-0.15, -0.1) is 12.4 Å². The molecule has 15 heavy (non-hydrogen) atoms. The number of halogens is 2. The highest BCUT2D eigenvalue weighted by Gasteiger charge is 2.02. The second-order valence-electron chi connectivity index (χ2n) is 3.12. The van der Waals surface area contributed by atoms with E-state index < -0.39 is 0 Å². The second-order valence-corrected chi connectivity index (χ2v) is 4.03. The van der Waals surface area contributed by atoms with Crippen LogP contribution in [0.2, 0.25) is 0 Å². The number of nitrogens with one attached hydrogen (secondary N) is 1. The smallest absolute Gasteiger partial charge is 0.0727 e. The average molecular weight is 289 g/mol. The number of pyridine rings is 1. The number of aryl methyl sites for hydroxylation is 1. The highest BCUT2D eigenvalue weighted by Crippen LogP contribution is 2.25. The molecule has 5 heteroatoms. The van der Waals surface area contributed by atoms with Crippen LogP contribution in [0.25, 0.3) is 10.9 Å². The Hall–Kier alpha value is -0.840. The van der Waals surface area contributed by atoms with Crippen molar-refractivity contribution in [3.63, 3.8) is 0 Å². The summed E-state index contributed by atoms with van der Waals surface area (Å²) in [5.41, 5.74) is 5.47. The Morgan fingerprint density at radius 2 is 2.07 bits per heavy atom. The largest absolute Gasteiger partial charge is 0.323 e. The van der Waals surface area contributed by atoms with Gasteiger partial charge in [-0.05, 0) is 31.2 Å². The van der Waals surface area contributed by atoms with Crippen LogP contribution in [0.15, 0.2) is 28.7 Å². The summed E-state index contributed by atoms with van der Waals surface area (Å²) in [6.07, 6.45) is 0. The van der Waals surface area contributed by atoms with Crippen LogP contribution in [0.5, 0.6) is 0 Å². The molecule has 2 rings (SSSR count). The van der Waals surface area contributed by atoms with Gasteiger partial charge in [0.15, 0.2) is 0 Å². The summed E-state index contributed by atoms with van der Waals surface area (Å²) in [5, 5.41) is 1.02. The number of hydrazine groups is 1. The standard InChI is InChI=1S/C10H10BrN3.ClH/c1-6-4-10(14-12)8-5-7(11)2-3-9(8)13-6;/h2-5H,12H2,1H3,(H,13,14);1H. The maximum absolute atomic E-state index is 5.44. The molecule has 1 aromatic heterocycles. The fourth-order valence-electron chi connectivity index (χ4n) is 1.45. The number of fused-ring (bicyclic) bond motifs is 1. The van der Waals surface area contributed by atoms with E-state index in [0.717, 1.165) is 26.8 Å². The number of nitrogen functional groups attached to an aromatic ring is 1. The van der Waals surface area contributed by atoms with E-state index in [0.29, 0.717) is 0 Å². The molecule has 1 aromatic carbocycles. The predicted octanol–water partition coefficient (Wildman–Crippen LogP) is 3.01. The van der Waals surface area contributed by atoms with Gasteiger partial charge >= 0.3 is 0 Å². The van der Waals surface area contributed by atoms with Crippen molar-refractivity contribution in [3.8, 4) is 0 Å². The Morgan fingerprint density at radius 1 is 1.33 bits per heavy atom. The minimum absolute atomic E-state index is 0. The molecular formula is C10H11BrClN3. The maximum atomic E-state index is 5.44. The molecule has 0 radical (unpaired) electrons. The Kier molecular flexibility index (Phi) is 3.90. The van der Waals surface area contributed by atoms with Crippen LogP contribution < -0.4 is 11.3 Å². The van der Waals surface area contributed by atoms with Crippen LogP contribution in [0.4, 0.5) is 5.69 Å².